The molecule has 2 rings (SSSR count). The number of benzene rings is 1. The van der Waals surface area contributed by atoms with Gasteiger partial charge in [0.2, 0.25) is 11.8 Å². The Balaban J connectivity index is 2.39. The number of hydrogen-bond acceptors (Lipinski definition) is 3. The Morgan fingerprint density at radius 3 is 2.65 bits per heavy atom. The van der Waals surface area contributed by atoms with Crippen LogP contribution >= 0.6 is 27.5 Å². The topological polar surface area (TPSA) is 38.9 Å². The van der Waals surface area contributed by atoms with Gasteiger partial charge in [0.1, 0.15) is 0 Å². The van der Waals surface area contributed by atoms with Crippen LogP contribution < -0.4 is 0 Å². The number of halogens is 5. The van der Waals surface area contributed by atoms with Gasteiger partial charge in [-0.2, -0.15) is 13.2 Å². The highest BCUT2D eigenvalue weighted by Gasteiger charge is 2.35. The van der Waals surface area contributed by atoms with Gasteiger partial charge in [0.05, 0.1) is 11.1 Å². The van der Waals surface area contributed by atoms with E-state index in [1.54, 1.807) is 0 Å². The van der Waals surface area contributed by atoms with Crippen LogP contribution in [0, 0.1) is 0 Å². The van der Waals surface area contributed by atoms with E-state index in [1.165, 1.54) is 12.1 Å². The third-order valence-corrected chi connectivity index (χ3v) is 3.27. The normalized spacial score (nSPS) is 11.8. The first-order chi connectivity index (χ1) is 9.41. The van der Waals surface area contributed by atoms with Crippen molar-refractivity contribution in [3.05, 3.63) is 34.1 Å². The second-order valence-electron chi connectivity index (χ2n) is 3.98. The van der Waals surface area contributed by atoms with E-state index in [2.05, 4.69) is 26.1 Å². The molecule has 0 radical (unpaired) electrons. The summed E-state index contributed by atoms with van der Waals surface area (Å²) in [5, 5.41) is 7.39. The molecule has 0 N–H and O–H groups in total. The van der Waals surface area contributed by atoms with Crippen molar-refractivity contribution in [1.29, 1.82) is 0 Å². The summed E-state index contributed by atoms with van der Waals surface area (Å²) in [5.41, 5.74) is -0.954. The van der Waals surface area contributed by atoms with Gasteiger partial charge < -0.3 is 4.42 Å². The van der Waals surface area contributed by atoms with E-state index in [9.17, 15) is 13.2 Å². The molecule has 0 aliphatic carbocycles. The Labute approximate surface area is 126 Å². The lowest BCUT2D eigenvalue weighted by molar-refractivity contribution is -0.137. The molecule has 0 fully saturated rings. The fourth-order valence-corrected chi connectivity index (χ4v) is 2.11. The molecule has 20 heavy (non-hydrogen) atoms. The van der Waals surface area contributed by atoms with E-state index in [0.717, 1.165) is 6.07 Å². The third kappa shape index (κ3) is 3.52. The van der Waals surface area contributed by atoms with Crippen molar-refractivity contribution in [1.82, 2.24) is 10.2 Å². The minimum Gasteiger partial charge on any atom is -0.421 e. The SMILES string of the molecule is FC(F)(F)c1cc(Br)ccc1-c1nnc(CCCCl)o1. The zero-order valence-corrected chi connectivity index (χ0v) is 12.4. The van der Waals surface area contributed by atoms with Crippen molar-refractivity contribution in [3.8, 4) is 11.5 Å². The molecular weight excluding hydrogens is 360 g/mol. The summed E-state index contributed by atoms with van der Waals surface area (Å²) >= 11 is 8.55. The first kappa shape index (κ1) is 15.3. The Morgan fingerprint density at radius 2 is 2.00 bits per heavy atom. The van der Waals surface area contributed by atoms with Gasteiger partial charge in [-0.1, -0.05) is 15.9 Å². The molecule has 1 aromatic carbocycles. The summed E-state index contributed by atoms with van der Waals surface area (Å²) in [6, 6.07) is 3.77. The zero-order chi connectivity index (χ0) is 14.8. The van der Waals surface area contributed by atoms with Gasteiger partial charge in [-0.05, 0) is 24.6 Å². The van der Waals surface area contributed by atoms with Gasteiger partial charge in [-0.3, -0.25) is 0 Å². The Bertz CT molecular complexity index is 601. The minimum absolute atomic E-state index is 0.134. The van der Waals surface area contributed by atoms with Crippen molar-refractivity contribution >= 4 is 27.5 Å². The van der Waals surface area contributed by atoms with Crippen LogP contribution in [0.3, 0.4) is 0 Å². The quantitative estimate of drug-likeness (QED) is 0.734. The second-order valence-corrected chi connectivity index (χ2v) is 5.27. The van der Waals surface area contributed by atoms with Gasteiger partial charge in [-0.25, -0.2) is 0 Å². The predicted octanol–water partition coefficient (Wildman–Crippen LogP) is 4.69. The van der Waals surface area contributed by atoms with Crippen LogP contribution in [-0.2, 0) is 12.6 Å². The minimum atomic E-state index is -4.50. The van der Waals surface area contributed by atoms with Crippen molar-refractivity contribution < 1.29 is 17.6 Å². The Hall–Kier alpha value is -1.08. The first-order valence-corrected chi connectivity index (χ1v) is 7.00. The van der Waals surface area contributed by atoms with E-state index in [0.29, 0.717) is 23.2 Å². The van der Waals surface area contributed by atoms with Crippen LogP contribution in [0.15, 0.2) is 27.1 Å². The van der Waals surface area contributed by atoms with Gasteiger partial charge >= 0.3 is 6.18 Å². The lowest BCUT2D eigenvalue weighted by atomic mass is 10.1. The molecular formula is C12H9BrClF3N2O. The van der Waals surface area contributed by atoms with Crippen molar-refractivity contribution in [2.45, 2.75) is 19.0 Å². The number of rotatable bonds is 4. The molecule has 0 spiro atoms. The van der Waals surface area contributed by atoms with E-state index in [-0.39, 0.29) is 17.3 Å². The second kappa shape index (κ2) is 6.13. The highest BCUT2D eigenvalue weighted by molar-refractivity contribution is 9.10. The highest BCUT2D eigenvalue weighted by atomic mass is 79.9. The Morgan fingerprint density at radius 1 is 1.25 bits per heavy atom. The molecule has 3 nitrogen and oxygen atoms in total. The van der Waals surface area contributed by atoms with E-state index in [4.69, 9.17) is 16.0 Å². The molecule has 108 valence electrons. The van der Waals surface area contributed by atoms with Crippen molar-refractivity contribution in [2.75, 3.05) is 5.88 Å². The number of aryl methyl sites for hydroxylation is 1. The van der Waals surface area contributed by atoms with Gasteiger partial charge in [0.15, 0.2) is 0 Å². The molecule has 0 saturated carbocycles. The summed E-state index contributed by atoms with van der Waals surface area (Å²) in [7, 11) is 0. The summed E-state index contributed by atoms with van der Waals surface area (Å²) < 4.78 is 44.6. The molecule has 0 aliphatic heterocycles. The standard InChI is InChI=1S/C12H9BrClF3N2O/c13-7-3-4-8(9(6-7)12(15,16)17)11-19-18-10(20-11)2-1-5-14/h3-4,6H,1-2,5H2. The van der Waals surface area contributed by atoms with E-state index in [1.807, 2.05) is 0 Å². The van der Waals surface area contributed by atoms with Crippen LogP contribution in [0.1, 0.15) is 17.9 Å². The molecule has 0 unspecified atom stereocenters. The molecule has 0 bridgehead atoms. The molecule has 8 heteroatoms. The van der Waals surface area contributed by atoms with Gasteiger partial charge in [-0.15, -0.1) is 21.8 Å². The van der Waals surface area contributed by atoms with Gasteiger partial charge in [0.25, 0.3) is 0 Å². The maximum absolute atomic E-state index is 13.0. The molecule has 2 aromatic rings. The number of nitrogens with zero attached hydrogens (tertiary/aromatic N) is 2. The van der Waals surface area contributed by atoms with Crippen LogP contribution in [0.4, 0.5) is 13.2 Å². The number of alkyl halides is 4. The lowest BCUT2D eigenvalue weighted by Gasteiger charge is -2.10. The van der Waals surface area contributed by atoms with E-state index >= 15 is 0 Å². The molecule has 0 aliphatic rings. The zero-order valence-electron chi connectivity index (χ0n) is 10.0. The third-order valence-electron chi connectivity index (χ3n) is 2.51. The van der Waals surface area contributed by atoms with Crippen LogP contribution in [0.25, 0.3) is 11.5 Å². The maximum Gasteiger partial charge on any atom is 0.417 e. The highest BCUT2D eigenvalue weighted by Crippen LogP contribution is 2.38. The summed E-state index contributed by atoms with van der Waals surface area (Å²) in [4.78, 5) is 0. The fraction of sp³-hybridized carbons (Fsp3) is 0.333. The van der Waals surface area contributed by atoms with Crippen LogP contribution in [-0.4, -0.2) is 16.1 Å². The number of aromatic nitrogens is 2. The number of hydrogen-bond donors (Lipinski definition) is 0. The fourth-order valence-electron chi connectivity index (χ4n) is 1.62. The van der Waals surface area contributed by atoms with E-state index < -0.39 is 11.7 Å². The molecule has 0 saturated heterocycles. The average Bonchev–Trinajstić information content (AvgIpc) is 2.84. The van der Waals surface area contributed by atoms with Crippen LogP contribution in [0.5, 0.6) is 0 Å². The average molecular weight is 370 g/mol. The van der Waals surface area contributed by atoms with Crippen molar-refractivity contribution in [2.24, 2.45) is 0 Å². The van der Waals surface area contributed by atoms with Crippen LogP contribution in [0.2, 0.25) is 0 Å². The smallest absolute Gasteiger partial charge is 0.417 e. The molecule has 0 amide bonds. The molecule has 1 aromatic heterocycles. The van der Waals surface area contributed by atoms with Gasteiger partial charge in [0, 0.05) is 16.8 Å². The lowest BCUT2D eigenvalue weighted by Crippen LogP contribution is -2.07. The summed E-state index contributed by atoms with van der Waals surface area (Å²) in [6.45, 7) is 0. The van der Waals surface area contributed by atoms with Crippen molar-refractivity contribution in [3.63, 3.8) is 0 Å². The predicted molar refractivity (Wildman–Crippen MR) is 71.5 cm³/mol. The molecule has 0 atom stereocenters. The first-order valence-electron chi connectivity index (χ1n) is 5.67. The summed E-state index contributed by atoms with van der Waals surface area (Å²) in [5.74, 6) is 0.551. The maximum atomic E-state index is 13.0. The summed E-state index contributed by atoms with van der Waals surface area (Å²) in [6.07, 6.45) is -3.44. The molecule has 1 heterocycles. The largest absolute Gasteiger partial charge is 0.421 e. The Kier molecular flexibility index (Phi) is 4.70. The monoisotopic (exact) mass is 368 g/mol.